The fraction of sp³-hybridized carbons (Fsp3) is 0.600. The van der Waals surface area contributed by atoms with Crippen LogP contribution in [-0.2, 0) is 4.79 Å². The molecule has 1 heterocycles. The zero-order chi connectivity index (χ0) is 17.4. The molecular weight excluding hydrogens is 352 g/mol. The summed E-state index contributed by atoms with van der Waals surface area (Å²) in [5, 5.41) is 4.57. The minimum absolute atomic E-state index is 0.194. The second kappa shape index (κ2) is 4.98. The number of rotatable bonds is 2. The summed E-state index contributed by atoms with van der Waals surface area (Å²) in [5.41, 5.74) is 1.38. The number of fused-ring (bicyclic) bond motifs is 1. The first-order valence-corrected chi connectivity index (χ1v) is 10.3. The molecule has 4 aliphatic carbocycles. The van der Waals surface area contributed by atoms with Crippen LogP contribution in [0.2, 0.25) is 5.02 Å². The van der Waals surface area contributed by atoms with Crippen LogP contribution in [-0.4, -0.2) is 10.9 Å². The first-order chi connectivity index (χ1) is 11.8. The van der Waals surface area contributed by atoms with Crippen molar-refractivity contribution in [2.75, 3.05) is 5.32 Å². The summed E-state index contributed by atoms with van der Waals surface area (Å²) in [4.78, 5) is 17.9. The fourth-order valence-corrected chi connectivity index (χ4v) is 8.02. The van der Waals surface area contributed by atoms with Gasteiger partial charge in [0.1, 0.15) is 0 Å². The molecule has 132 valence electrons. The van der Waals surface area contributed by atoms with Gasteiger partial charge >= 0.3 is 0 Å². The summed E-state index contributed by atoms with van der Waals surface area (Å²) < 4.78 is 1.02. The van der Waals surface area contributed by atoms with Gasteiger partial charge < -0.3 is 5.32 Å². The SMILES string of the molecule is C[C@]12CC3CC(C(=O)Nc4nc5ccc(Cl)cc5s4)(C1)C[C@](C)(C3)C2. The Morgan fingerprint density at radius 1 is 1.20 bits per heavy atom. The average Bonchev–Trinajstić information content (AvgIpc) is 2.84. The third kappa shape index (κ3) is 2.52. The minimum Gasteiger partial charge on any atom is -0.301 e. The molecular formula is C20H23ClN2OS. The maximum absolute atomic E-state index is 13.3. The van der Waals surface area contributed by atoms with Crippen LogP contribution >= 0.6 is 22.9 Å². The van der Waals surface area contributed by atoms with Crippen molar-refractivity contribution in [2.24, 2.45) is 22.2 Å². The van der Waals surface area contributed by atoms with Gasteiger partial charge in [0.15, 0.2) is 5.13 Å². The Balaban J connectivity index is 1.45. The molecule has 1 amide bonds. The van der Waals surface area contributed by atoms with Crippen LogP contribution in [0, 0.1) is 22.2 Å². The van der Waals surface area contributed by atoms with Gasteiger partial charge in [-0.05, 0) is 73.5 Å². The standard InChI is InChI=1S/C20H23ClN2OS/c1-18-6-12-7-19(2,9-18)11-20(8-12,10-18)16(24)23-17-22-14-4-3-13(21)5-15(14)25-17/h3-5,12H,6-11H2,1-2H3,(H,22,23,24)/t12?,18-,19-,20?/m1/s1. The Bertz CT molecular complexity index is 873. The Kier molecular flexibility index (Phi) is 3.20. The maximum atomic E-state index is 13.3. The number of anilines is 1. The van der Waals surface area contributed by atoms with Gasteiger partial charge in [0.05, 0.1) is 15.6 Å². The predicted molar refractivity (Wildman–Crippen MR) is 103 cm³/mol. The Morgan fingerprint density at radius 2 is 1.92 bits per heavy atom. The van der Waals surface area contributed by atoms with Gasteiger partial charge in [-0.3, -0.25) is 4.79 Å². The van der Waals surface area contributed by atoms with Crippen molar-refractivity contribution >= 4 is 44.2 Å². The van der Waals surface area contributed by atoms with Gasteiger partial charge in [-0.25, -0.2) is 4.98 Å². The Morgan fingerprint density at radius 3 is 2.60 bits per heavy atom. The molecule has 1 N–H and O–H groups in total. The molecule has 4 bridgehead atoms. The lowest BCUT2D eigenvalue weighted by molar-refractivity contribution is -0.165. The van der Waals surface area contributed by atoms with Gasteiger partial charge in [0.25, 0.3) is 0 Å². The number of carbonyl (C=O) groups excluding carboxylic acids is 1. The third-order valence-corrected chi connectivity index (χ3v) is 7.85. The smallest absolute Gasteiger partial charge is 0.232 e. The first kappa shape index (κ1) is 16.1. The quantitative estimate of drug-likeness (QED) is 0.712. The molecule has 3 nitrogen and oxygen atoms in total. The minimum atomic E-state index is -0.196. The topological polar surface area (TPSA) is 42.0 Å². The number of carbonyl (C=O) groups is 1. The van der Waals surface area contributed by atoms with E-state index in [1.807, 2.05) is 18.2 Å². The number of nitrogens with zero attached hydrogens (tertiary/aromatic N) is 1. The molecule has 1 aromatic carbocycles. The summed E-state index contributed by atoms with van der Waals surface area (Å²) in [7, 11) is 0. The molecule has 2 aromatic rings. The van der Waals surface area contributed by atoms with Crippen LogP contribution < -0.4 is 5.32 Å². The summed E-state index contributed by atoms with van der Waals surface area (Å²) in [6.45, 7) is 4.80. The Labute approximate surface area is 157 Å². The Hall–Kier alpha value is -1.13. The van der Waals surface area contributed by atoms with E-state index in [0.717, 1.165) is 29.5 Å². The molecule has 0 spiro atoms. The van der Waals surface area contributed by atoms with Gasteiger partial charge in [-0.2, -0.15) is 0 Å². The zero-order valence-electron chi connectivity index (χ0n) is 14.7. The lowest BCUT2D eigenvalue weighted by atomic mass is 9.40. The third-order valence-electron chi connectivity index (χ3n) is 6.68. The number of hydrogen-bond acceptors (Lipinski definition) is 3. The highest BCUT2D eigenvalue weighted by Gasteiger charge is 2.62. The summed E-state index contributed by atoms with van der Waals surface area (Å²) in [5.74, 6) is 0.908. The largest absolute Gasteiger partial charge is 0.301 e. The van der Waals surface area contributed by atoms with Crippen LogP contribution in [0.1, 0.15) is 52.4 Å². The molecule has 4 fully saturated rings. The highest BCUT2D eigenvalue weighted by molar-refractivity contribution is 7.22. The van der Waals surface area contributed by atoms with Crippen molar-refractivity contribution in [3.8, 4) is 0 Å². The van der Waals surface area contributed by atoms with Gasteiger partial charge in [-0.1, -0.05) is 36.8 Å². The van der Waals surface area contributed by atoms with Gasteiger partial charge in [0.2, 0.25) is 5.91 Å². The number of hydrogen-bond donors (Lipinski definition) is 1. The highest BCUT2D eigenvalue weighted by Crippen LogP contribution is 2.69. The van der Waals surface area contributed by atoms with E-state index in [1.54, 1.807) is 0 Å². The van der Waals surface area contributed by atoms with E-state index in [9.17, 15) is 4.79 Å². The molecule has 0 saturated heterocycles. The molecule has 0 aliphatic heterocycles. The number of benzene rings is 1. The molecule has 4 saturated carbocycles. The van der Waals surface area contributed by atoms with Crippen molar-refractivity contribution in [2.45, 2.75) is 52.4 Å². The van der Waals surface area contributed by atoms with Crippen LogP contribution in [0.5, 0.6) is 0 Å². The number of thiazole rings is 1. The predicted octanol–water partition coefficient (Wildman–Crippen LogP) is 5.88. The number of halogens is 1. The second-order valence-corrected chi connectivity index (χ2v) is 11.0. The fourth-order valence-electron chi connectivity index (χ4n) is 6.88. The van der Waals surface area contributed by atoms with Crippen molar-refractivity contribution in [3.63, 3.8) is 0 Å². The van der Waals surface area contributed by atoms with Crippen LogP contribution in [0.3, 0.4) is 0 Å². The van der Waals surface area contributed by atoms with E-state index in [-0.39, 0.29) is 11.3 Å². The molecule has 5 heteroatoms. The highest BCUT2D eigenvalue weighted by atomic mass is 35.5. The molecule has 0 radical (unpaired) electrons. The van der Waals surface area contributed by atoms with E-state index in [4.69, 9.17) is 11.6 Å². The zero-order valence-corrected chi connectivity index (χ0v) is 16.3. The van der Waals surface area contributed by atoms with Crippen molar-refractivity contribution in [1.29, 1.82) is 0 Å². The normalized spacial score (nSPS) is 39.1. The van der Waals surface area contributed by atoms with Gasteiger partial charge in [-0.15, -0.1) is 0 Å². The summed E-state index contributed by atoms with van der Waals surface area (Å²) >= 11 is 7.58. The van der Waals surface area contributed by atoms with Gasteiger partial charge in [0, 0.05) is 5.02 Å². The lowest BCUT2D eigenvalue weighted by Crippen LogP contribution is -2.58. The number of nitrogens with one attached hydrogen (secondary N) is 1. The summed E-state index contributed by atoms with van der Waals surface area (Å²) in [6, 6.07) is 5.67. The molecule has 25 heavy (non-hydrogen) atoms. The molecule has 4 aliphatic rings. The second-order valence-electron chi connectivity index (χ2n) is 9.50. The van der Waals surface area contributed by atoms with Crippen molar-refractivity contribution < 1.29 is 4.79 Å². The van der Waals surface area contributed by atoms with Crippen molar-refractivity contribution in [3.05, 3.63) is 23.2 Å². The number of aromatic nitrogens is 1. The lowest BCUT2D eigenvalue weighted by Gasteiger charge is -2.64. The monoisotopic (exact) mass is 374 g/mol. The van der Waals surface area contributed by atoms with Crippen LogP contribution in [0.15, 0.2) is 18.2 Å². The molecule has 1 aromatic heterocycles. The summed E-state index contributed by atoms with van der Waals surface area (Å²) in [6.07, 6.45) is 7.02. The average molecular weight is 375 g/mol. The van der Waals surface area contributed by atoms with E-state index < -0.39 is 0 Å². The maximum Gasteiger partial charge on any atom is 0.232 e. The molecule has 2 atom stereocenters. The van der Waals surface area contributed by atoms with E-state index in [1.165, 1.54) is 30.6 Å². The van der Waals surface area contributed by atoms with Crippen molar-refractivity contribution in [1.82, 2.24) is 4.98 Å². The molecule has 6 rings (SSSR count). The van der Waals surface area contributed by atoms with E-state index in [0.29, 0.717) is 26.9 Å². The van der Waals surface area contributed by atoms with E-state index in [2.05, 4.69) is 24.1 Å². The van der Waals surface area contributed by atoms with Crippen LogP contribution in [0.25, 0.3) is 10.2 Å². The first-order valence-electron chi connectivity index (χ1n) is 9.14. The molecule has 0 unspecified atom stereocenters. The number of amides is 1. The van der Waals surface area contributed by atoms with E-state index >= 15 is 0 Å². The van der Waals surface area contributed by atoms with Crippen LogP contribution in [0.4, 0.5) is 5.13 Å².